The van der Waals surface area contributed by atoms with Gasteiger partial charge < -0.3 is 15.8 Å². The molecule has 126 valence electrons. The highest BCUT2D eigenvalue weighted by atomic mass is 16.5. The summed E-state index contributed by atoms with van der Waals surface area (Å²) in [6.45, 7) is 5.98. The van der Waals surface area contributed by atoms with Crippen LogP contribution in [0.4, 0.5) is 5.69 Å². The SMILES string of the molecule is Cc1ccc(C(=O)OCC(=O)N[C@@H]2CCC[C@@H](C)[C@H]2C)cc1N. The highest BCUT2D eigenvalue weighted by molar-refractivity contribution is 5.92. The van der Waals surface area contributed by atoms with Crippen LogP contribution in [0.25, 0.3) is 0 Å². The topological polar surface area (TPSA) is 81.4 Å². The summed E-state index contributed by atoms with van der Waals surface area (Å²) in [5.41, 5.74) is 7.58. The number of esters is 1. The quantitative estimate of drug-likeness (QED) is 0.660. The monoisotopic (exact) mass is 318 g/mol. The first-order valence-corrected chi connectivity index (χ1v) is 8.21. The number of carbonyl (C=O) groups excluding carboxylic acids is 2. The number of nitrogen functional groups attached to an aromatic ring is 1. The van der Waals surface area contributed by atoms with Crippen LogP contribution in [0.5, 0.6) is 0 Å². The molecule has 1 aromatic carbocycles. The van der Waals surface area contributed by atoms with Gasteiger partial charge in [0.25, 0.3) is 5.91 Å². The first-order valence-electron chi connectivity index (χ1n) is 8.21. The number of hydrogen-bond acceptors (Lipinski definition) is 4. The van der Waals surface area contributed by atoms with Crippen molar-refractivity contribution in [1.29, 1.82) is 0 Å². The number of anilines is 1. The fraction of sp³-hybridized carbons (Fsp3) is 0.556. The van der Waals surface area contributed by atoms with E-state index in [2.05, 4.69) is 19.2 Å². The fourth-order valence-corrected chi connectivity index (χ4v) is 3.02. The van der Waals surface area contributed by atoms with Crippen LogP contribution in [0.2, 0.25) is 0 Å². The van der Waals surface area contributed by atoms with Crippen LogP contribution in [0, 0.1) is 18.8 Å². The van der Waals surface area contributed by atoms with E-state index >= 15 is 0 Å². The summed E-state index contributed by atoms with van der Waals surface area (Å²) >= 11 is 0. The van der Waals surface area contributed by atoms with Gasteiger partial charge in [0.15, 0.2) is 6.61 Å². The largest absolute Gasteiger partial charge is 0.452 e. The molecule has 0 spiro atoms. The molecule has 1 saturated carbocycles. The van der Waals surface area contributed by atoms with Crippen LogP contribution in [-0.2, 0) is 9.53 Å². The second-order valence-electron chi connectivity index (χ2n) is 6.59. The van der Waals surface area contributed by atoms with Gasteiger partial charge in [-0.1, -0.05) is 32.8 Å². The average molecular weight is 318 g/mol. The minimum absolute atomic E-state index is 0.167. The first-order chi connectivity index (χ1) is 10.9. The van der Waals surface area contributed by atoms with Crippen molar-refractivity contribution in [3.8, 4) is 0 Å². The van der Waals surface area contributed by atoms with Gasteiger partial charge in [-0.05, 0) is 42.9 Å². The molecule has 5 heteroatoms. The Hall–Kier alpha value is -2.04. The minimum Gasteiger partial charge on any atom is -0.452 e. The van der Waals surface area contributed by atoms with Crippen LogP contribution in [-0.4, -0.2) is 24.5 Å². The molecule has 1 aliphatic rings. The predicted molar refractivity (Wildman–Crippen MR) is 90.0 cm³/mol. The highest BCUT2D eigenvalue weighted by Gasteiger charge is 2.28. The molecule has 1 amide bonds. The Kier molecular flexibility index (Phi) is 5.64. The van der Waals surface area contributed by atoms with Crippen LogP contribution < -0.4 is 11.1 Å². The van der Waals surface area contributed by atoms with Gasteiger partial charge in [0, 0.05) is 11.7 Å². The zero-order valence-corrected chi connectivity index (χ0v) is 14.1. The molecule has 0 bridgehead atoms. The van der Waals surface area contributed by atoms with Crippen LogP contribution in [0.1, 0.15) is 49.0 Å². The van der Waals surface area contributed by atoms with Gasteiger partial charge in [0.1, 0.15) is 0 Å². The second-order valence-corrected chi connectivity index (χ2v) is 6.59. The molecule has 0 radical (unpaired) electrons. The number of hydrogen-bond donors (Lipinski definition) is 2. The summed E-state index contributed by atoms with van der Waals surface area (Å²) in [5, 5.41) is 2.99. The minimum atomic E-state index is -0.531. The van der Waals surface area contributed by atoms with E-state index in [4.69, 9.17) is 10.5 Å². The van der Waals surface area contributed by atoms with E-state index in [1.165, 1.54) is 6.42 Å². The summed E-state index contributed by atoms with van der Waals surface area (Å²) in [6, 6.07) is 5.15. The number of rotatable bonds is 4. The molecule has 1 aliphatic carbocycles. The summed E-state index contributed by atoms with van der Waals surface area (Å²) in [6.07, 6.45) is 3.32. The van der Waals surface area contributed by atoms with Gasteiger partial charge in [-0.15, -0.1) is 0 Å². The smallest absolute Gasteiger partial charge is 0.338 e. The van der Waals surface area contributed by atoms with Crippen molar-refractivity contribution < 1.29 is 14.3 Å². The van der Waals surface area contributed by atoms with Crippen LogP contribution in [0.3, 0.4) is 0 Å². The molecule has 2 rings (SSSR count). The molecule has 0 aliphatic heterocycles. The Balaban J connectivity index is 1.84. The maximum absolute atomic E-state index is 12.0. The second kappa shape index (κ2) is 7.49. The van der Waals surface area contributed by atoms with Gasteiger partial charge in [0.2, 0.25) is 0 Å². The molecule has 0 saturated heterocycles. The Morgan fingerprint density at radius 3 is 2.74 bits per heavy atom. The van der Waals surface area contributed by atoms with Crippen molar-refractivity contribution >= 4 is 17.6 Å². The molecule has 23 heavy (non-hydrogen) atoms. The van der Waals surface area contributed by atoms with E-state index < -0.39 is 5.97 Å². The zero-order chi connectivity index (χ0) is 17.0. The number of ether oxygens (including phenoxy) is 1. The van der Waals surface area contributed by atoms with Crippen LogP contribution >= 0.6 is 0 Å². The van der Waals surface area contributed by atoms with E-state index in [1.807, 2.05) is 6.92 Å². The van der Waals surface area contributed by atoms with Crippen molar-refractivity contribution in [3.05, 3.63) is 29.3 Å². The Morgan fingerprint density at radius 2 is 2.04 bits per heavy atom. The van der Waals surface area contributed by atoms with Gasteiger partial charge in [-0.3, -0.25) is 4.79 Å². The number of carbonyl (C=O) groups is 2. The van der Waals surface area contributed by atoms with E-state index in [0.29, 0.717) is 23.1 Å². The third-order valence-corrected chi connectivity index (χ3v) is 4.90. The molecule has 0 aromatic heterocycles. The Morgan fingerprint density at radius 1 is 1.30 bits per heavy atom. The molecule has 1 fully saturated rings. The first kappa shape index (κ1) is 17.3. The lowest BCUT2D eigenvalue weighted by molar-refractivity contribution is -0.125. The Labute approximate surface area is 137 Å². The third-order valence-electron chi connectivity index (χ3n) is 4.90. The van der Waals surface area contributed by atoms with Crippen molar-refractivity contribution in [2.24, 2.45) is 11.8 Å². The highest BCUT2D eigenvalue weighted by Crippen LogP contribution is 2.29. The van der Waals surface area contributed by atoms with Gasteiger partial charge in [-0.25, -0.2) is 4.79 Å². The summed E-state index contributed by atoms with van der Waals surface area (Å²) in [5.74, 6) is 0.272. The third kappa shape index (κ3) is 4.47. The van der Waals surface area contributed by atoms with Crippen molar-refractivity contribution in [2.45, 2.75) is 46.1 Å². The summed E-state index contributed by atoms with van der Waals surface area (Å²) in [4.78, 5) is 24.0. The van der Waals surface area contributed by atoms with Crippen molar-refractivity contribution in [2.75, 3.05) is 12.3 Å². The number of nitrogens with one attached hydrogen (secondary N) is 1. The standard InChI is InChI=1S/C18H26N2O3/c1-11-5-4-6-16(13(11)3)20-17(21)10-23-18(22)14-8-7-12(2)15(19)9-14/h7-9,11,13,16H,4-6,10,19H2,1-3H3,(H,20,21)/t11-,13-,16-/m1/s1. The number of nitrogens with two attached hydrogens (primary N) is 1. The van der Waals surface area contributed by atoms with Crippen LogP contribution in [0.15, 0.2) is 18.2 Å². The molecule has 0 unspecified atom stereocenters. The van der Waals surface area contributed by atoms with Gasteiger partial charge >= 0.3 is 5.97 Å². The molecule has 3 atom stereocenters. The summed E-state index contributed by atoms with van der Waals surface area (Å²) in [7, 11) is 0. The predicted octanol–water partition coefficient (Wildman–Crippen LogP) is 2.67. The maximum Gasteiger partial charge on any atom is 0.338 e. The molecule has 3 N–H and O–H groups in total. The molecule has 1 aromatic rings. The molecular weight excluding hydrogens is 292 g/mol. The molecule has 0 heterocycles. The Bertz CT molecular complexity index is 586. The fourth-order valence-electron chi connectivity index (χ4n) is 3.02. The lowest BCUT2D eigenvalue weighted by Crippen LogP contribution is -2.45. The lowest BCUT2D eigenvalue weighted by Gasteiger charge is -2.34. The van der Waals surface area contributed by atoms with E-state index in [9.17, 15) is 9.59 Å². The van der Waals surface area contributed by atoms with E-state index in [0.717, 1.165) is 18.4 Å². The molecular formula is C18H26N2O3. The van der Waals surface area contributed by atoms with Crippen molar-refractivity contribution in [3.63, 3.8) is 0 Å². The lowest BCUT2D eigenvalue weighted by atomic mass is 9.78. The number of amides is 1. The van der Waals surface area contributed by atoms with Gasteiger partial charge in [-0.2, -0.15) is 0 Å². The normalized spacial score (nSPS) is 24.0. The van der Waals surface area contributed by atoms with E-state index in [-0.39, 0.29) is 18.6 Å². The maximum atomic E-state index is 12.0. The number of aryl methyl sites for hydroxylation is 1. The summed E-state index contributed by atoms with van der Waals surface area (Å²) < 4.78 is 5.08. The van der Waals surface area contributed by atoms with Crippen molar-refractivity contribution in [1.82, 2.24) is 5.32 Å². The molecule has 5 nitrogen and oxygen atoms in total. The average Bonchev–Trinajstić information content (AvgIpc) is 2.52. The van der Waals surface area contributed by atoms with E-state index in [1.54, 1.807) is 18.2 Å². The van der Waals surface area contributed by atoms with Gasteiger partial charge in [0.05, 0.1) is 5.56 Å². The number of benzene rings is 1. The zero-order valence-electron chi connectivity index (χ0n) is 14.1.